The third-order valence-corrected chi connectivity index (χ3v) is 3.80. The normalized spacial score (nSPS) is 14.1. The SMILES string of the molecule is CCCCC(CC)COC([SiH3])(OCC)OCC. The van der Waals surface area contributed by atoms with E-state index in [4.69, 9.17) is 14.2 Å². The highest BCUT2D eigenvalue weighted by atomic mass is 28.1. The molecule has 0 aromatic heterocycles. The Morgan fingerprint density at radius 1 is 1.00 bits per heavy atom. The average molecular weight is 262 g/mol. The van der Waals surface area contributed by atoms with Gasteiger partial charge in [0.25, 0.3) is 0 Å². The van der Waals surface area contributed by atoms with Gasteiger partial charge in [-0.1, -0.05) is 33.1 Å². The van der Waals surface area contributed by atoms with Gasteiger partial charge in [-0.05, 0) is 26.2 Å². The van der Waals surface area contributed by atoms with E-state index in [0.29, 0.717) is 19.1 Å². The van der Waals surface area contributed by atoms with Gasteiger partial charge in [-0.2, -0.15) is 0 Å². The molecule has 4 heteroatoms. The van der Waals surface area contributed by atoms with Crippen LogP contribution in [0.1, 0.15) is 53.4 Å². The molecule has 0 radical (unpaired) electrons. The van der Waals surface area contributed by atoms with E-state index in [0.717, 1.165) is 23.3 Å². The van der Waals surface area contributed by atoms with Gasteiger partial charge in [0.05, 0.1) is 6.61 Å². The molecule has 17 heavy (non-hydrogen) atoms. The lowest BCUT2D eigenvalue weighted by atomic mass is 10.0. The van der Waals surface area contributed by atoms with Gasteiger partial charge in [-0.25, -0.2) is 0 Å². The second kappa shape index (κ2) is 10.1. The van der Waals surface area contributed by atoms with Crippen molar-refractivity contribution in [1.82, 2.24) is 0 Å². The van der Waals surface area contributed by atoms with Crippen molar-refractivity contribution in [3.8, 4) is 0 Å². The molecule has 0 amide bonds. The van der Waals surface area contributed by atoms with Gasteiger partial charge in [-0.3, -0.25) is 0 Å². The molecule has 1 atom stereocenters. The van der Waals surface area contributed by atoms with Gasteiger partial charge in [-0.15, -0.1) is 0 Å². The summed E-state index contributed by atoms with van der Waals surface area (Å²) in [5.41, 5.74) is -0.733. The van der Waals surface area contributed by atoms with Crippen molar-refractivity contribution < 1.29 is 14.2 Å². The first-order valence-corrected chi connectivity index (χ1v) is 8.03. The summed E-state index contributed by atoms with van der Waals surface area (Å²) >= 11 is 0. The molecule has 0 aromatic carbocycles. The van der Waals surface area contributed by atoms with Crippen LogP contribution in [0.5, 0.6) is 0 Å². The number of hydrogen-bond donors (Lipinski definition) is 0. The Bertz CT molecular complexity index is 170. The lowest BCUT2D eigenvalue weighted by molar-refractivity contribution is -0.325. The Balaban J connectivity index is 4.07. The number of ether oxygens (including phenoxy) is 3. The zero-order chi connectivity index (χ0) is 13.1. The molecule has 0 N–H and O–H groups in total. The molecule has 0 aliphatic carbocycles. The molecule has 3 nitrogen and oxygen atoms in total. The molecule has 0 bridgehead atoms. The third kappa shape index (κ3) is 7.92. The highest BCUT2D eigenvalue weighted by molar-refractivity contribution is 6.12. The molecule has 0 aliphatic heterocycles. The predicted octanol–water partition coefficient (Wildman–Crippen LogP) is 2.27. The maximum absolute atomic E-state index is 5.88. The topological polar surface area (TPSA) is 27.7 Å². The van der Waals surface area contributed by atoms with Crippen LogP contribution in [-0.2, 0) is 14.2 Å². The highest BCUT2D eigenvalue weighted by Gasteiger charge is 2.26. The van der Waals surface area contributed by atoms with E-state index in [1.54, 1.807) is 0 Å². The molecule has 0 rings (SSSR count). The number of hydrogen-bond acceptors (Lipinski definition) is 3. The van der Waals surface area contributed by atoms with Crippen LogP contribution in [0.3, 0.4) is 0 Å². The maximum Gasteiger partial charge on any atom is 0.245 e. The summed E-state index contributed by atoms with van der Waals surface area (Å²) in [6, 6.07) is 0. The standard InChI is InChI=1S/C13H30O3Si/c1-5-9-10-12(6-2)11-16-13(17,14-7-3)15-8-4/h12H,5-11H2,1-4,17H3. The van der Waals surface area contributed by atoms with Crippen molar-refractivity contribution in [2.24, 2.45) is 5.92 Å². The Morgan fingerprint density at radius 2 is 1.59 bits per heavy atom. The summed E-state index contributed by atoms with van der Waals surface area (Å²) < 4.78 is 17.1. The molecule has 0 heterocycles. The van der Waals surface area contributed by atoms with Crippen LogP contribution in [0, 0.1) is 5.92 Å². The van der Waals surface area contributed by atoms with Crippen LogP contribution >= 0.6 is 0 Å². The second-order valence-corrected chi connectivity index (χ2v) is 5.68. The quantitative estimate of drug-likeness (QED) is 0.422. The van der Waals surface area contributed by atoms with Gasteiger partial charge >= 0.3 is 0 Å². The van der Waals surface area contributed by atoms with Gasteiger partial charge in [0.15, 0.2) is 0 Å². The van der Waals surface area contributed by atoms with E-state index in [2.05, 4.69) is 13.8 Å². The van der Waals surface area contributed by atoms with E-state index in [1.807, 2.05) is 13.8 Å². The summed E-state index contributed by atoms with van der Waals surface area (Å²) in [7, 11) is 0.734. The number of rotatable bonds is 11. The molecule has 0 aliphatic rings. The highest BCUT2D eigenvalue weighted by Crippen LogP contribution is 2.18. The molecule has 0 saturated heterocycles. The Hall–Kier alpha value is 0.0969. The smallest absolute Gasteiger partial charge is 0.245 e. The van der Waals surface area contributed by atoms with Crippen molar-refractivity contribution in [2.75, 3.05) is 19.8 Å². The molecule has 0 aromatic rings. The maximum atomic E-state index is 5.88. The Kier molecular flexibility index (Phi) is 10.1. The van der Waals surface area contributed by atoms with E-state index in [1.165, 1.54) is 19.3 Å². The minimum Gasteiger partial charge on any atom is -0.333 e. The first-order chi connectivity index (χ1) is 8.11. The van der Waals surface area contributed by atoms with Crippen molar-refractivity contribution in [2.45, 2.75) is 59.0 Å². The fraction of sp³-hybridized carbons (Fsp3) is 1.00. The minimum atomic E-state index is -0.733. The van der Waals surface area contributed by atoms with Crippen molar-refractivity contribution >= 4 is 10.2 Å². The molecule has 104 valence electrons. The van der Waals surface area contributed by atoms with Gasteiger partial charge in [0, 0.05) is 13.2 Å². The molecular weight excluding hydrogens is 232 g/mol. The summed E-state index contributed by atoms with van der Waals surface area (Å²) in [6.45, 7) is 10.4. The van der Waals surface area contributed by atoms with E-state index >= 15 is 0 Å². The fourth-order valence-electron chi connectivity index (χ4n) is 1.82. The fourth-order valence-corrected chi connectivity index (χ4v) is 2.56. The summed E-state index contributed by atoms with van der Waals surface area (Å²) in [5, 5.41) is 0. The second-order valence-electron chi connectivity index (χ2n) is 4.46. The van der Waals surface area contributed by atoms with E-state index in [9.17, 15) is 0 Å². The predicted molar refractivity (Wildman–Crippen MR) is 75.2 cm³/mol. The van der Waals surface area contributed by atoms with Gasteiger partial charge in [0.2, 0.25) is 5.60 Å². The molecular formula is C13H30O3Si. The van der Waals surface area contributed by atoms with Crippen LogP contribution in [-0.4, -0.2) is 35.7 Å². The van der Waals surface area contributed by atoms with Crippen molar-refractivity contribution in [3.63, 3.8) is 0 Å². The lowest BCUT2D eigenvalue weighted by Gasteiger charge is -2.31. The monoisotopic (exact) mass is 262 g/mol. The first kappa shape index (κ1) is 17.1. The van der Waals surface area contributed by atoms with Crippen LogP contribution in [0.25, 0.3) is 0 Å². The van der Waals surface area contributed by atoms with Crippen LogP contribution in [0.2, 0.25) is 0 Å². The average Bonchev–Trinajstić information content (AvgIpc) is 2.30. The summed E-state index contributed by atoms with van der Waals surface area (Å²) in [6.07, 6.45) is 4.93. The molecule has 0 fully saturated rings. The van der Waals surface area contributed by atoms with Crippen molar-refractivity contribution in [1.29, 1.82) is 0 Å². The van der Waals surface area contributed by atoms with Crippen molar-refractivity contribution in [3.05, 3.63) is 0 Å². The Labute approximate surface area is 110 Å². The Morgan fingerprint density at radius 3 is 2.00 bits per heavy atom. The summed E-state index contributed by atoms with van der Waals surface area (Å²) in [4.78, 5) is 0. The van der Waals surface area contributed by atoms with E-state index in [-0.39, 0.29) is 0 Å². The molecule has 0 spiro atoms. The van der Waals surface area contributed by atoms with E-state index < -0.39 is 5.60 Å². The lowest BCUT2D eigenvalue weighted by Crippen LogP contribution is -2.41. The van der Waals surface area contributed by atoms with Gasteiger partial charge in [0.1, 0.15) is 10.2 Å². The third-order valence-electron chi connectivity index (χ3n) is 2.94. The number of unbranched alkanes of at least 4 members (excludes halogenated alkanes) is 1. The van der Waals surface area contributed by atoms with Crippen LogP contribution in [0.15, 0.2) is 0 Å². The molecule has 1 unspecified atom stereocenters. The van der Waals surface area contributed by atoms with Gasteiger partial charge < -0.3 is 14.2 Å². The minimum absolute atomic E-state index is 0.629. The van der Waals surface area contributed by atoms with Crippen LogP contribution in [0.4, 0.5) is 0 Å². The zero-order valence-corrected chi connectivity index (χ0v) is 14.3. The zero-order valence-electron chi connectivity index (χ0n) is 12.3. The summed E-state index contributed by atoms with van der Waals surface area (Å²) in [5.74, 6) is 0.629. The largest absolute Gasteiger partial charge is 0.333 e. The molecule has 0 saturated carbocycles. The first-order valence-electron chi connectivity index (χ1n) is 7.03. The van der Waals surface area contributed by atoms with Crippen LogP contribution < -0.4 is 0 Å².